The van der Waals surface area contributed by atoms with Gasteiger partial charge in [-0.05, 0) is 30.2 Å². The maximum atomic E-state index is 10.5. The summed E-state index contributed by atoms with van der Waals surface area (Å²) < 4.78 is 16.2. The van der Waals surface area contributed by atoms with Crippen molar-refractivity contribution < 1.29 is 24.1 Å². The molecule has 0 bridgehead atoms. The largest absolute Gasteiger partial charge is 0.493 e. The molecule has 0 heterocycles. The van der Waals surface area contributed by atoms with E-state index >= 15 is 0 Å². The zero-order valence-corrected chi connectivity index (χ0v) is 12.0. The van der Waals surface area contributed by atoms with Crippen molar-refractivity contribution in [2.45, 2.75) is 19.8 Å². The van der Waals surface area contributed by atoms with Gasteiger partial charge in [-0.15, -0.1) is 0 Å². The lowest BCUT2D eigenvalue weighted by Gasteiger charge is -2.15. The van der Waals surface area contributed by atoms with Crippen molar-refractivity contribution in [2.75, 3.05) is 20.8 Å². The number of ether oxygens (including phenoxy) is 3. The average Bonchev–Trinajstić information content (AvgIpc) is 2.45. The standard InChI is InChI=1S/C15H20O5/c1-4-5-8-20-15-12(18-2)9-11(6-7-14(16)17)10-13(15)19-3/h6-7,9-10H,4-5,8H2,1-3H3,(H,16,17)/b7-6+. The third kappa shape index (κ3) is 4.50. The highest BCUT2D eigenvalue weighted by Crippen LogP contribution is 2.39. The molecule has 0 unspecified atom stereocenters. The fourth-order valence-corrected chi connectivity index (χ4v) is 1.62. The van der Waals surface area contributed by atoms with E-state index in [4.69, 9.17) is 19.3 Å². The van der Waals surface area contributed by atoms with E-state index in [1.807, 2.05) is 0 Å². The fourth-order valence-electron chi connectivity index (χ4n) is 1.62. The summed E-state index contributed by atoms with van der Waals surface area (Å²) in [4.78, 5) is 10.5. The Hall–Kier alpha value is -2.17. The SMILES string of the molecule is CCCCOc1c(OC)cc(/C=C/C(=O)O)cc1OC. The highest BCUT2D eigenvalue weighted by Gasteiger charge is 2.13. The fraction of sp³-hybridized carbons (Fsp3) is 0.400. The van der Waals surface area contributed by atoms with Gasteiger partial charge in [-0.25, -0.2) is 4.79 Å². The molecule has 0 aliphatic carbocycles. The number of unbranched alkanes of at least 4 members (excludes halogenated alkanes) is 1. The van der Waals surface area contributed by atoms with Gasteiger partial charge in [-0.2, -0.15) is 0 Å². The number of benzene rings is 1. The van der Waals surface area contributed by atoms with Gasteiger partial charge in [0.2, 0.25) is 5.75 Å². The summed E-state index contributed by atoms with van der Waals surface area (Å²) in [5, 5.41) is 8.65. The Morgan fingerprint density at radius 2 is 1.85 bits per heavy atom. The molecule has 0 radical (unpaired) electrons. The van der Waals surface area contributed by atoms with Gasteiger partial charge in [-0.3, -0.25) is 0 Å². The zero-order valence-electron chi connectivity index (χ0n) is 12.0. The summed E-state index contributed by atoms with van der Waals surface area (Å²) in [6.45, 7) is 2.66. The molecular weight excluding hydrogens is 260 g/mol. The van der Waals surface area contributed by atoms with Crippen molar-refractivity contribution in [3.8, 4) is 17.2 Å². The molecule has 5 heteroatoms. The van der Waals surface area contributed by atoms with Crippen LogP contribution in [0.5, 0.6) is 17.2 Å². The summed E-state index contributed by atoms with van der Waals surface area (Å²) in [5.41, 5.74) is 0.670. The smallest absolute Gasteiger partial charge is 0.328 e. The molecule has 0 aromatic heterocycles. The van der Waals surface area contributed by atoms with Gasteiger partial charge in [0.25, 0.3) is 0 Å². The maximum absolute atomic E-state index is 10.5. The molecule has 1 rings (SSSR count). The summed E-state index contributed by atoms with van der Waals surface area (Å²) in [7, 11) is 3.07. The van der Waals surface area contributed by atoms with E-state index in [-0.39, 0.29) is 0 Å². The first kappa shape index (κ1) is 15.9. The molecule has 5 nitrogen and oxygen atoms in total. The Balaban J connectivity index is 3.07. The van der Waals surface area contributed by atoms with Gasteiger partial charge < -0.3 is 19.3 Å². The van der Waals surface area contributed by atoms with Gasteiger partial charge in [0.15, 0.2) is 11.5 Å². The molecule has 1 N–H and O–H groups in total. The van der Waals surface area contributed by atoms with E-state index < -0.39 is 5.97 Å². The van der Waals surface area contributed by atoms with E-state index in [0.717, 1.165) is 18.9 Å². The molecule has 0 fully saturated rings. The molecule has 1 aromatic rings. The van der Waals surface area contributed by atoms with Crippen LogP contribution in [-0.2, 0) is 4.79 Å². The van der Waals surface area contributed by atoms with Crippen LogP contribution in [0.2, 0.25) is 0 Å². The van der Waals surface area contributed by atoms with Crippen LogP contribution in [0.1, 0.15) is 25.3 Å². The maximum Gasteiger partial charge on any atom is 0.328 e. The summed E-state index contributed by atoms with van der Waals surface area (Å²) in [6.07, 6.45) is 4.51. The van der Waals surface area contributed by atoms with E-state index in [0.29, 0.717) is 29.4 Å². The Morgan fingerprint density at radius 3 is 2.30 bits per heavy atom. The number of rotatable bonds is 8. The lowest BCUT2D eigenvalue weighted by atomic mass is 10.1. The molecule has 0 saturated carbocycles. The van der Waals surface area contributed by atoms with Crippen LogP contribution in [0.25, 0.3) is 6.08 Å². The van der Waals surface area contributed by atoms with Crippen molar-refractivity contribution >= 4 is 12.0 Å². The molecule has 0 spiro atoms. The first-order valence-corrected chi connectivity index (χ1v) is 6.42. The Morgan fingerprint density at radius 1 is 1.25 bits per heavy atom. The van der Waals surface area contributed by atoms with Crippen LogP contribution in [0.4, 0.5) is 0 Å². The van der Waals surface area contributed by atoms with Crippen LogP contribution in [0.3, 0.4) is 0 Å². The zero-order chi connectivity index (χ0) is 15.0. The van der Waals surface area contributed by atoms with Crippen LogP contribution in [-0.4, -0.2) is 31.9 Å². The van der Waals surface area contributed by atoms with Gasteiger partial charge in [0, 0.05) is 6.08 Å². The summed E-state index contributed by atoms with van der Waals surface area (Å²) in [5.74, 6) is 0.568. The van der Waals surface area contributed by atoms with E-state index in [1.54, 1.807) is 12.1 Å². The number of methoxy groups -OCH3 is 2. The van der Waals surface area contributed by atoms with Crippen molar-refractivity contribution in [3.05, 3.63) is 23.8 Å². The number of hydrogen-bond acceptors (Lipinski definition) is 4. The van der Waals surface area contributed by atoms with Crippen molar-refractivity contribution in [1.82, 2.24) is 0 Å². The van der Waals surface area contributed by atoms with E-state index in [1.165, 1.54) is 20.3 Å². The minimum Gasteiger partial charge on any atom is -0.493 e. The Bertz CT molecular complexity index is 454. The predicted molar refractivity (Wildman–Crippen MR) is 76.6 cm³/mol. The Kier molecular flexibility index (Phi) is 6.43. The third-order valence-electron chi connectivity index (χ3n) is 2.65. The Labute approximate surface area is 118 Å². The predicted octanol–water partition coefficient (Wildman–Crippen LogP) is 2.98. The number of carboxylic acids is 1. The summed E-state index contributed by atoms with van der Waals surface area (Å²) in [6, 6.07) is 3.42. The molecule has 0 atom stereocenters. The number of carboxylic acid groups (broad SMARTS) is 1. The molecule has 0 amide bonds. The molecule has 20 heavy (non-hydrogen) atoms. The van der Waals surface area contributed by atoms with E-state index in [9.17, 15) is 4.79 Å². The molecular formula is C15H20O5. The first-order chi connectivity index (χ1) is 9.62. The topological polar surface area (TPSA) is 65.0 Å². The monoisotopic (exact) mass is 280 g/mol. The minimum atomic E-state index is -1.01. The van der Waals surface area contributed by atoms with Crippen molar-refractivity contribution in [1.29, 1.82) is 0 Å². The van der Waals surface area contributed by atoms with Gasteiger partial charge in [0.1, 0.15) is 0 Å². The average molecular weight is 280 g/mol. The molecule has 0 aliphatic heterocycles. The van der Waals surface area contributed by atoms with Crippen molar-refractivity contribution in [3.63, 3.8) is 0 Å². The quantitative estimate of drug-likeness (QED) is 0.586. The molecule has 1 aromatic carbocycles. The van der Waals surface area contributed by atoms with Crippen LogP contribution in [0, 0.1) is 0 Å². The summed E-state index contributed by atoms with van der Waals surface area (Å²) >= 11 is 0. The molecule has 0 aliphatic rings. The number of aliphatic carboxylic acids is 1. The normalized spacial score (nSPS) is 10.6. The molecule has 110 valence electrons. The minimum absolute atomic E-state index is 0.519. The van der Waals surface area contributed by atoms with Crippen LogP contribution >= 0.6 is 0 Å². The highest BCUT2D eigenvalue weighted by molar-refractivity contribution is 5.85. The lowest BCUT2D eigenvalue weighted by Crippen LogP contribution is -2.01. The number of carbonyl (C=O) groups is 1. The second-order valence-corrected chi connectivity index (χ2v) is 4.13. The van der Waals surface area contributed by atoms with Gasteiger partial charge in [0.05, 0.1) is 20.8 Å². The molecule has 0 saturated heterocycles. The van der Waals surface area contributed by atoms with Crippen molar-refractivity contribution in [2.24, 2.45) is 0 Å². The second-order valence-electron chi connectivity index (χ2n) is 4.13. The van der Waals surface area contributed by atoms with Crippen LogP contribution in [0.15, 0.2) is 18.2 Å². The first-order valence-electron chi connectivity index (χ1n) is 6.42. The van der Waals surface area contributed by atoms with Gasteiger partial charge >= 0.3 is 5.97 Å². The second kappa shape index (κ2) is 8.09. The highest BCUT2D eigenvalue weighted by atomic mass is 16.5. The lowest BCUT2D eigenvalue weighted by molar-refractivity contribution is -0.131. The number of hydrogen-bond donors (Lipinski definition) is 1. The third-order valence-corrected chi connectivity index (χ3v) is 2.65. The van der Waals surface area contributed by atoms with E-state index in [2.05, 4.69) is 6.92 Å². The van der Waals surface area contributed by atoms with Gasteiger partial charge in [-0.1, -0.05) is 13.3 Å². The van der Waals surface area contributed by atoms with Crippen LogP contribution < -0.4 is 14.2 Å².